The first-order chi connectivity index (χ1) is 12.0. The highest BCUT2D eigenvalue weighted by Gasteiger charge is 2.22. The van der Waals surface area contributed by atoms with Gasteiger partial charge in [0.15, 0.2) is 0 Å². The van der Waals surface area contributed by atoms with Gasteiger partial charge in [0.2, 0.25) is 0 Å². The monoisotopic (exact) mass is 344 g/mol. The molecule has 0 atom stereocenters. The van der Waals surface area contributed by atoms with Gasteiger partial charge in [-0.25, -0.2) is 4.98 Å². The van der Waals surface area contributed by atoms with Crippen molar-refractivity contribution in [3.05, 3.63) is 23.0 Å². The molecule has 0 aliphatic heterocycles. The van der Waals surface area contributed by atoms with Crippen LogP contribution in [0.3, 0.4) is 0 Å². The molecule has 2 aromatic heterocycles. The predicted molar refractivity (Wildman–Crippen MR) is 97.7 cm³/mol. The van der Waals surface area contributed by atoms with Gasteiger partial charge in [-0.2, -0.15) is 0 Å². The lowest BCUT2D eigenvalue weighted by Crippen LogP contribution is -2.40. The Bertz CT molecular complexity index is 749. The number of hydrogen-bond donors (Lipinski definition) is 0. The highest BCUT2D eigenvalue weighted by Crippen LogP contribution is 2.24. The Hall–Kier alpha value is -1.95. The second kappa shape index (κ2) is 7.52. The summed E-state index contributed by atoms with van der Waals surface area (Å²) in [5.41, 5.74) is 2.54. The first-order valence-electron chi connectivity index (χ1n) is 9.16. The summed E-state index contributed by atoms with van der Waals surface area (Å²) in [7, 11) is 4.04. The minimum absolute atomic E-state index is 0.00107. The maximum Gasteiger partial charge on any atom is 0.258 e. The normalized spacial score (nSPS) is 15.9. The standard InChI is InChI=1S/C19H28N4O2/c1-13-12-16(17-14(2)21-25-18(17)20-13)19(24)23(4)11-10-22(3)15-8-6-5-7-9-15/h12,15H,5-11H2,1-4H3. The number of aromatic nitrogens is 2. The third kappa shape index (κ3) is 3.84. The zero-order valence-electron chi connectivity index (χ0n) is 15.7. The molecule has 1 amide bonds. The lowest BCUT2D eigenvalue weighted by molar-refractivity contribution is 0.0769. The van der Waals surface area contributed by atoms with Gasteiger partial charge in [-0.1, -0.05) is 24.4 Å². The molecule has 0 unspecified atom stereocenters. The number of pyridine rings is 1. The molecule has 1 saturated carbocycles. The van der Waals surface area contributed by atoms with Gasteiger partial charge < -0.3 is 14.3 Å². The first-order valence-corrected chi connectivity index (χ1v) is 9.16. The molecule has 0 aromatic carbocycles. The highest BCUT2D eigenvalue weighted by molar-refractivity contribution is 6.05. The Balaban J connectivity index is 1.69. The van der Waals surface area contributed by atoms with Gasteiger partial charge in [-0.3, -0.25) is 4.79 Å². The number of amides is 1. The molecule has 0 radical (unpaired) electrons. The van der Waals surface area contributed by atoms with Crippen LogP contribution >= 0.6 is 0 Å². The molecule has 25 heavy (non-hydrogen) atoms. The molecule has 0 saturated heterocycles. The van der Waals surface area contributed by atoms with Crippen LogP contribution in [0.1, 0.15) is 53.8 Å². The fourth-order valence-electron chi connectivity index (χ4n) is 3.71. The van der Waals surface area contributed by atoms with Crippen molar-refractivity contribution in [2.45, 2.75) is 52.0 Å². The number of fused-ring (bicyclic) bond motifs is 1. The average molecular weight is 344 g/mol. The summed E-state index contributed by atoms with van der Waals surface area (Å²) in [6.07, 6.45) is 6.56. The Kier molecular flexibility index (Phi) is 5.37. The molecule has 1 fully saturated rings. The van der Waals surface area contributed by atoms with E-state index >= 15 is 0 Å². The van der Waals surface area contributed by atoms with Crippen molar-refractivity contribution < 1.29 is 9.32 Å². The van der Waals surface area contributed by atoms with E-state index in [1.165, 1.54) is 32.1 Å². The number of rotatable bonds is 5. The number of carbonyl (C=O) groups excluding carboxylic acids is 1. The molecule has 6 nitrogen and oxygen atoms in total. The molecule has 6 heteroatoms. The van der Waals surface area contributed by atoms with E-state index in [1.807, 2.05) is 27.0 Å². The van der Waals surface area contributed by atoms with E-state index in [0.717, 1.165) is 17.6 Å². The van der Waals surface area contributed by atoms with E-state index in [-0.39, 0.29) is 5.91 Å². The topological polar surface area (TPSA) is 62.5 Å². The molecule has 2 aromatic rings. The lowest BCUT2D eigenvalue weighted by atomic mass is 9.94. The van der Waals surface area contributed by atoms with E-state index in [4.69, 9.17) is 4.52 Å². The number of aryl methyl sites for hydroxylation is 2. The molecular formula is C19H28N4O2. The van der Waals surface area contributed by atoms with Gasteiger partial charge in [0, 0.05) is 31.9 Å². The zero-order valence-corrected chi connectivity index (χ0v) is 15.7. The Morgan fingerprint density at radius 2 is 1.92 bits per heavy atom. The van der Waals surface area contributed by atoms with Gasteiger partial charge >= 0.3 is 0 Å². The summed E-state index contributed by atoms with van der Waals surface area (Å²) in [4.78, 5) is 21.5. The summed E-state index contributed by atoms with van der Waals surface area (Å²) in [5.74, 6) is -0.00107. The van der Waals surface area contributed by atoms with Crippen LogP contribution in [0.15, 0.2) is 10.6 Å². The second-order valence-corrected chi connectivity index (χ2v) is 7.26. The maximum absolute atomic E-state index is 13.0. The second-order valence-electron chi connectivity index (χ2n) is 7.26. The summed E-state index contributed by atoms with van der Waals surface area (Å²) in [6, 6.07) is 2.49. The third-order valence-corrected chi connectivity index (χ3v) is 5.31. The van der Waals surface area contributed by atoms with Crippen molar-refractivity contribution in [3.63, 3.8) is 0 Å². The van der Waals surface area contributed by atoms with Crippen molar-refractivity contribution in [2.75, 3.05) is 27.2 Å². The highest BCUT2D eigenvalue weighted by atomic mass is 16.5. The molecule has 0 spiro atoms. The number of carbonyl (C=O) groups is 1. The summed E-state index contributed by atoms with van der Waals surface area (Å²) < 4.78 is 5.24. The maximum atomic E-state index is 13.0. The molecule has 3 rings (SSSR count). The van der Waals surface area contributed by atoms with Crippen LogP contribution in [0.4, 0.5) is 0 Å². The molecule has 0 bridgehead atoms. The van der Waals surface area contributed by atoms with Gasteiger partial charge in [0.25, 0.3) is 11.6 Å². The van der Waals surface area contributed by atoms with Gasteiger partial charge in [-0.05, 0) is 39.8 Å². The van der Waals surface area contributed by atoms with Crippen molar-refractivity contribution in [3.8, 4) is 0 Å². The van der Waals surface area contributed by atoms with Crippen LogP contribution in [0.2, 0.25) is 0 Å². The van der Waals surface area contributed by atoms with Crippen molar-refractivity contribution in [2.24, 2.45) is 0 Å². The average Bonchev–Trinajstić information content (AvgIpc) is 2.99. The molecule has 136 valence electrons. The zero-order chi connectivity index (χ0) is 18.0. The van der Waals surface area contributed by atoms with E-state index < -0.39 is 0 Å². The fraction of sp³-hybridized carbons (Fsp3) is 0.632. The number of hydrogen-bond acceptors (Lipinski definition) is 5. The van der Waals surface area contributed by atoms with Gasteiger partial charge in [-0.15, -0.1) is 0 Å². The smallest absolute Gasteiger partial charge is 0.258 e. The molecule has 1 aliphatic rings. The van der Waals surface area contributed by atoms with E-state index in [2.05, 4.69) is 22.1 Å². The SMILES string of the molecule is Cc1cc(C(=O)N(C)CCN(C)C2CCCCC2)c2c(C)noc2n1. The molecule has 0 N–H and O–H groups in total. The molecule has 2 heterocycles. The number of likely N-dealkylation sites (N-methyl/N-ethyl adjacent to an activating group) is 2. The minimum Gasteiger partial charge on any atom is -0.340 e. The van der Waals surface area contributed by atoms with Crippen LogP contribution in [0, 0.1) is 13.8 Å². The van der Waals surface area contributed by atoms with Crippen molar-refractivity contribution in [1.82, 2.24) is 19.9 Å². The van der Waals surface area contributed by atoms with Crippen molar-refractivity contribution in [1.29, 1.82) is 0 Å². The Morgan fingerprint density at radius 1 is 1.20 bits per heavy atom. The van der Waals surface area contributed by atoms with Crippen LogP contribution in [-0.4, -0.2) is 59.1 Å². The van der Waals surface area contributed by atoms with E-state index in [9.17, 15) is 4.79 Å². The lowest BCUT2D eigenvalue weighted by Gasteiger charge is -2.32. The predicted octanol–water partition coefficient (Wildman–Crippen LogP) is 3.18. The van der Waals surface area contributed by atoms with Gasteiger partial charge in [0.05, 0.1) is 16.6 Å². The largest absolute Gasteiger partial charge is 0.340 e. The minimum atomic E-state index is -0.00107. The Labute approximate surface area is 149 Å². The van der Waals surface area contributed by atoms with Gasteiger partial charge in [0.1, 0.15) is 0 Å². The van der Waals surface area contributed by atoms with Crippen LogP contribution in [-0.2, 0) is 0 Å². The first kappa shape index (κ1) is 17.9. The summed E-state index contributed by atoms with van der Waals surface area (Å²) in [6.45, 7) is 5.31. The fourth-order valence-corrected chi connectivity index (χ4v) is 3.71. The molecule has 1 aliphatic carbocycles. The van der Waals surface area contributed by atoms with Crippen LogP contribution < -0.4 is 0 Å². The summed E-state index contributed by atoms with van der Waals surface area (Å²) in [5, 5.41) is 4.68. The number of nitrogens with zero attached hydrogens (tertiary/aromatic N) is 4. The summed E-state index contributed by atoms with van der Waals surface area (Å²) >= 11 is 0. The third-order valence-electron chi connectivity index (χ3n) is 5.31. The van der Waals surface area contributed by atoms with Crippen LogP contribution in [0.25, 0.3) is 11.1 Å². The van der Waals surface area contributed by atoms with Crippen molar-refractivity contribution >= 4 is 17.0 Å². The van der Waals surface area contributed by atoms with E-state index in [0.29, 0.717) is 29.6 Å². The van der Waals surface area contributed by atoms with Crippen LogP contribution in [0.5, 0.6) is 0 Å². The Morgan fingerprint density at radius 3 is 2.64 bits per heavy atom. The quantitative estimate of drug-likeness (QED) is 0.833. The van der Waals surface area contributed by atoms with E-state index in [1.54, 1.807) is 4.90 Å². The molecular weight excluding hydrogens is 316 g/mol.